The van der Waals surface area contributed by atoms with E-state index in [0.717, 1.165) is 6.54 Å². The van der Waals surface area contributed by atoms with Gasteiger partial charge in [0, 0.05) is 25.2 Å². The number of halogens is 3. The number of benzene rings is 1. The zero-order chi connectivity index (χ0) is 20.8. The Bertz CT molecular complexity index is 701. The van der Waals surface area contributed by atoms with E-state index >= 15 is 0 Å². The number of aliphatic imine (C=N–C) groups is 1. The summed E-state index contributed by atoms with van der Waals surface area (Å²) in [4.78, 5) is 10.8. The molecule has 6 nitrogen and oxygen atoms in total. The van der Waals surface area contributed by atoms with Crippen molar-refractivity contribution in [2.45, 2.75) is 39.5 Å². The molecule has 0 spiro atoms. The number of oxime groups is 1. The van der Waals surface area contributed by atoms with Crippen molar-refractivity contribution in [1.29, 1.82) is 0 Å². The quantitative estimate of drug-likeness (QED) is 0.417. The first-order valence-corrected chi connectivity index (χ1v) is 8.32. The van der Waals surface area contributed by atoms with E-state index in [1.807, 2.05) is 18.9 Å². The number of rotatable bonds is 8. The van der Waals surface area contributed by atoms with Crippen LogP contribution in [0.5, 0.6) is 5.75 Å². The van der Waals surface area contributed by atoms with Crippen molar-refractivity contribution in [3.8, 4) is 5.75 Å². The molecule has 0 heterocycles. The van der Waals surface area contributed by atoms with Crippen molar-refractivity contribution >= 4 is 17.7 Å². The highest BCUT2D eigenvalue weighted by Crippen LogP contribution is 2.45. The van der Waals surface area contributed by atoms with Crippen molar-refractivity contribution < 1.29 is 27.9 Å². The van der Waals surface area contributed by atoms with Crippen LogP contribution in [0, 0.1) is 6.92 Å². The Labute approximate surface area is 157 Å². The lowest BCUT2D eigenvalue weighted by molar-refractivity contribution is -0.282. The molecule has 0 aliphatic heterocycles. The van der Waals surface area contributed by atoms with E-state index in [9.17, 15) is 18.3 Å². The van der Waals surface area contributed by atoms with Crippen LogP contribution in [0.4, 0.5) is 18.9 Å². The summed E-state index contributed by atoms with van der Waals surface area (Å²) in [6.07, 6.45) is -3.43. The molecule has 1 unspecified atom stereocenters. The van der Waals surface area contributed by atoms with Crippen LogP contribution < -0.4 is 4.74 Å². The highest BCUT2D eigenvalue weighted by molar-refractivity contribution is 5.78. The molecule has 152 valence electrons. The molecule has 0 aliphatic carbocycles. The van der Waals surface area contributed by atoms with Crippen LogP contribution in [0.15, 0.2) is 22.3 Å². The number of hydrogen-bond donors (Lipinski definition) is 1. The molecule has 9 heteroatoms. The number of aryl methyl sites for hydroxylation is 1. The largest absolute Gasteiger partial charge is 0.496 e. The summed E-state index contributed by atoms with van der Waals surface area (Å²) in [5.41, 5.74) is -2.44. The van der Waals surface area contributed by atoms with Crippen LogP contribution in [0.3, 0.4) is 0 Å². The number of nitrogens with zero attached hydrogens (tertiary/aromatic N) is 3. The van der Waals surface area contributed by atoms with E-state index < -0.39 is 23.9 Å². The maximum atomic E-state index is 13.7. The second-order valence-electron chi connectivity index (χ2n) is 6.33. The fourth-order valence-electron chi connectivity index (χ4n) is 2.12. The Morgan fingerprint density at radius 3 is 2.41 bits per heavy atom. The van der Waals surface area contributed by atoms with Crippen LogP contribution in [0.25, 0.3) is 0 Å². The topological polar surface area (TPSA) is 66.7 Å². The van der Waals surface area contributed by atoms with Crippen molar-refractivity contribution in [2.75, 3.05) is 27.3 Å². The molecule has 0 saturated carbocycles. The molecule has 1 aromatic rings. The predicted molar refractivity (Wildman–Crippen MR) is 98.9 cm³/mol. The maximum Gasteiger partial charge on any atom is 0.425 e. The highest BCUT2D eigenvalue weighted by atomic mass is 19.4. The normalized spacial score (nSPS) is 14.0. The Morgan fingerprint density at radius 1 is 1.30 bits per heavy atom. The zero-order valence-electron chi connectivity index (χ0n) is 16.4. The summed E-state index contributed by atoms with van der Waals surface area (Å²) in [5, 5.41) is 14.0. The maximum absolute atomic E-state index is 13.7. The second-order valence-corrected chi connectivity index (χ2v) is 6.33. The van der Waals surface area contributed by atoms with Gasteiger partial charge in [0.25, 0.3) is 0 Å². The van der Waals surface area contributed by atoms with Gasteiger partial charge in [-0.15, -0.1) is 0 Å². The Hall–Kier alpha value is -2.29. The fraction of sp³-hybridized carbons (Fsp3) is 0.556. The molecular weight excluding hydrogens is 363 g/mol. The van der Waals surface area contributed by atoms with E-state index in [-0.39, 0.29) is 5.75 Å². The predicted octanol–water partition coefficient (Wildman–Crippen LogP) is 3.78. The molecule has 0 saturated heterocycles. The van der Waals surface area contributed by atoms with Gasteiger partial charge in [-0.05, 0) is 39.3 Å². The van der Waals surface area contributed by atoms with E-state index in [1.54, 1.807) is 27.1 Å². The minimum Gasteiger partial charge on any atom is -0.496 e. The van der Waals surface area contributed by atoms with Crippen molar-refractivity contribution in [2.24, 2.45) is 10.1 Å². The van der Waals surface area contributed by atoms with Crippen molar-refractivity contribution in [3.63, 3.8) is 0 Å². The van der Waals surface area contributed by atoms with Gasteiger partial charge in [0.15, 0.2) is 6.61 Å². The van der Waals surface area contributed by atoms with Crippen LogP contribution in [0.2, 0.25) is 0 Å². The van der Waals surface area contributed by atoms with E-state index in [1.165, 1.54) is 19.2 Å². The van der Waals surface area contributed by atoms with Crippen LogP contribution in [-0.2, 0) is 10.4 Å². The minimum atomic E-state index is -5.00. The molecule has 1 rings (SSSR count). The smallest absolute Gasteiger partial charge is 0.425 e. The fourth-order valence-corrected chi connectivity index (χ4v) is 2.12. The van der Waals surface area contributed by atoms with Gasteiger partial charge in [-0.1, -0.05) is 5.16 Å². The molecule has 0 radical (unpaired) electrons. The summed E-state index contributed by atoms with van der Waals surface area (Å²) in [5.74, 6) is -0.146. The van der Waals surface area contributed by atoms with Gasteiger partial charge < -0.3 is 19.6 Å². The Balaban J connectivity index is 3.44. The molecule has 0 aliphatic rings. The first kappa shape index (κ1) is 22.8. The monoisotopic (exact) mass is 389 g/mol. The lowest BCUT2D eigenvalue weighted by atomic mass is 9.91. The molecule has 1 aromatic carbocycles. The van der Waals surface area contributed by atoms with E-state index in [0.29, 0.717) is 17.0 Å². The van der Waals surface area contributed by atoms with Crippen LogP contribution >= 0.6 is 0 Å². The average molecular weight is 389 g/mol. The van der Waals surface area contributed by atoms with E-state index in [4.69, 9.17) is 9.57 Å². The lowest BCUT2D eigenvalue weighted by Gasteiger charge is -2.31. The number of aliphatic hydroxyl groups is 1. The Kier molecular flexibility index (Phi) is 7.65. The summed E-state index contributed by atoms with van der Waals surface area (Å²) < 4.78 is 46.2. The van der Waals surface area contributed by atoms with Gasteiger partial charge in [0.1, 0.15) is 5.75 Å². The summed E-state index contributed by atoms with van der Waals surface area (Å²) in [7, 11) is 3.05. The molecule has 1 N–H and O–H groups in total. The van der Waals surface area contributed by atoms with E-state index in [2.05, 4.69) is 10.1 Å². The van der Waals surface area contributed by atoms with Crippen LogP contribution in [0.1, 0.15) is 31.9 Å². The number of hydrogen-bond acceptors (Lipinski definition) is 5. The zero-order valence-corrected chi connectivity index (χ0v) is 16.4. The SMILES string of the molecule is CCN(C)C=Nc1cc(OC)c(C(O)(CON=C(C)C)C(F)(F)F)cc1C. The third-order valence-corrected chi connectivity index (χ3v) is 3.85. The van der Waals surface area contributed by atoms with Gasteiger partial charge >= 0.3 is 6.18 Å². The molecule has 0 fully saturated rings. The molecule has 1 atom stereocenters. The molecular formula is C18H26F3N3O3. The number of ether oxygens (including phenoxy) is 1. The van der Waals surface area contributed by atoms with Gasteiger partial charge in [-0.2, -0.15) is 13.2 Å². The van der Waals surface area contributed by atoms with Crippen LogP contribution in [-0.4, -0.2) is 55.5 Å². The molecule has 0 amide bonds. The minimum absolute atomic E-state index is 0.146. The first-order chi connectivity index (χ1) is 12.5. The molecule has 0 aromatic heterocycles. The summed E-state index contributed by atoms with van der Waals surface area (Å²) >= 11 is 0. The van der Waals surface area contributed by atoms with Gasteiger partial charge in [0.2, 0.25) is 5.60 Å². The standard InChI is InChI=1S/C18H26F3N3O3/c1-7-24(5)11-22-15-9-16(26-6)14(8-13(15)4)17(25,18(19,20)21)10-27-23-12(2)3/h8-9,11,25H,7,10H2,1-6H3. The summed E-state index contributed by atoms with van der Waals surface area (Å²) in [6.45, 7) is 6.30. The molecule has 0 bridgehead atoms. The lowest BCUT2D eigenvalue weighted by Crippen LogP contribution is -2.46. The first-order valence-electron chi connectivity index (χ1n) is 8.32. The van der Waals surface area contributed by atoms with Gasteiger partial charge in [0.05, 0.1) is 24.8 Å². The second kappa shape index (κ2) is 9.07. The number of methoxy groups -OCH3 is 1. The highest BCUT2D eigenvalue weighted by Gasteiger charge is 2.57. The van der Waals surface area contributed by atoms with Crippen molar-refractivity contribution in [3.05, 3.63) is 23.3 Å². The third-order valence-electron chi connectivity index (χ3n) is 3.85. The average Bonchev–Trinajstić information content (AvgIpc) is 2.58. The Morgan fingerprint density at radius 2 is 1.93 bits per heavy atom. The van der Waals surface area contributed by atoms with Crippen molar-refractivity contribution in [1.82, 2.24) is 4.90 Å². The third kappa shape index (κ3) is 5.59. The van der Waals surface area contributed by atoms with Gasteiger partial charge in [-0.25, -0.2) is 4.99 Å². The summed E-state index contributed by atoms with van der Waals surface area (Å²) in [6, 6.07) is 2.56. The van der Waals surface area contributed by atoms with Gasteiger partial charge in [-0.3, -0.25) is 0 Å². The number of alkyl halides is 3. The molecule has 27 heavy (non-hydrogen) atoms.